The van der Waals surface area contributed by atoms with Gasteiger partial charge in [0.15, 0.2) is 0 Å². The number of nitrogens with zero attached hydrogens (tertiary/aromatic N) is 1. The second-order valence-electron chi connectivity index (χ2n) is 16.1. The third-order valence-corrected chi connectivity index (χ3v) is 10.5. The lowest BCUT2D eigenvalue weighted by Crippen LogP contribution is -2.37. The molecule has 0 spiro atoms. The Morgan fingerprint density at radius 2 is 0.981 bits per heavy atom. The molecular formula is C44H87NO7P+. The molecule has 0 fully saturated rings. The average Bonchev–Trinajstić information content (AvgIpc) is 3.11. The van der Waals surface area contributed by atoms with E-state index >= 15 is 0 Å². The molecule has 0 heterocycles. The molecule has 0 aromatic carbocycles. The maximum atomic E-state index is 12.7. The van der Waals surface area contributed by atoms with Gasteiger partial charge in [0.2, 0.25) is 0 Å². The van der Waals surface area contributed by atoms with Crippen molar-refractivity contribution in [1.82, 2.24) is 0 Å². The Bertz CT molecular complexity index is 905. The molecular weight excluding hydrogens is 685 g/mol. The van der Waals surface area contributed by atoms with Gasteiger partial charge in [0.1, 0.15) is 19.3 Å². The summed E-state index contributed by atoms with van der Waals surface area (Å²) in [5.41, 5.74) is 0. The third-order valence-electron chi connectivity index (χ3n) is 9.49. The van der Waals surface area contributed by atoms with Crippen molar-refractivity contribution in [1.29, 1.82) is 0 Å². The number of phosphoric acid groups is 1. The molecule has 0 aliphatic heterocycles. The van der Waals surface area contributed by atoms with Crippen molar-refractivity contribution in [3.05, 3.63) is 24.3 Å². The summed E-state index contributed by atoms with van der Waals surface area (Å²) in [6, 6.07) is 0. The number of allylic oxidation sites excluding steroid dienone is 4. The Labute approximate surface area is 328 Å². The van der Waals surface area contributed by atoms with Gasteiger partial charge in [-0.25, -0.2) is 4.57 Å². The minimum absolute atomic E-state index is 0.0870. The number of likely N-dealkylation sites (N-methyl/N-ethyl adjacent to an activating group) is 1. The third kappa shape index (κ3) is 42.0. The Hall–Kier alpha value is -1.02. The first kappa shape index (κ1) is 52.0. The Morgan fingerprint density at radius 3 is 1.43 bits per heavy atom. The molecule has 0 aromatic heterocycles. The van der Waals surface area contributed by atoms with Gasteiger partial charge in [0.05, 0.1) is 34.4 Å². The minimum atomic E-state index is -4.27. The molecule has 0 bridgehead atoms. The number of hydrogen-bond donors (Lipinski definition) is 1. The smallest absolute Gasteiger partial charge is 0.457 e. The molecule has 9 heteroatoms. The molecule has 0 aliphatic rings. The van der Waals surface area contributed by atoms with E-state index in [2.05, 4.69) is 38.2 Å². The van der Waals surface area contributed by atoms with Crippen LogP contribution in [0, 0.1) is 0 Å². The molecule has 53 heavy (non-hydrogen) atoms. The Morgan fingerprint density at radius 1 is 0.566 bits per heavy atom. The summed E-state index contributed by atoms with van der Waals surface area (Å²) in [6.45, 7) is 5.60. The summed E-state index contributed by atoms with van der Waals surface area (Å²) in [5.74, 6) is -0.323. The van der Waals surface area contributed by atoms with Crippen molar-refractivity contribution >= 4 is 13.8 Å². The van der Waals surface area contributed by atoms with Crippen LogP contribution in [0.2, 0.25) is 0 Å². The lowest BCUT2D eigenvalue weighted by atomic mass is 10.1. The first-order valence-electron chi connectivity index (χ1n) is 22.1. The van der Waals surface area contributed by atoms with Crippen LogP contribution in [0.3, 0.4) is 0 Å². The zero-order valence-corrected chi connectivity index (χ0v) is 36.4. The van der Waals surface area contributed by atoms with Crippen LogP contribution in [-0.4, -0.2) is 75.6 Å². The van der Waals surface area contributed by atoms with E-state index in [0.29, 0.717) is 24.1 Å². The number of hydrogen-bond acceptors (Lipinski definition) is 6. The number of esters is 1. The molecule has 1 N–H and O–H groups in total. The summed E-state index contributed by atoms with van der Waals surface area (Å²) in [6.07, 6.45) is 42.0. The van der Waals surface area contributed by atoms with Crippen LogP contribution in [-0.2, 0) is 27.9 Å². The molecule has 0 amide bonds. The highest BCUT2D eigenvalue weighted by atomic mass is 31.2. The molecule has 0 aliphatic carbocycles. The highest BCUT2D eigenvalue weighted by molar-refractivity contribution is 7.47. The summed E-state index contributed by atoms with van der Waals surface area (Å²) >= 11 is 0. The predicted molar refractivity (Wildman–Crippen MR) is 224 cm³/mol. The number of ether oxygens (including phenoxy) is 2. The van der Waals surface area contributed by atoms with E-state index in [1.54, 1.807) is 0 Å². The first-order valence-corrected chi connectivity index (χ1v) is 23.6. The molecule has 0 rings (SSSR count). The number of carbonyl (C=O) groups is 1. The van der Waals surface area contributed by atoms with Crippen LogP contribution in [0.5, 0.6) is 0 Å². The number of unbranched alkanes of at least 4 members (excludes halogenated alkanes) is 23. The van der Waals surface area contributed by atoms with Crippen molar-refractivity contribution in [3.8, 4) is 0 Å². The van der Waals surface area contributed by atoms with Gasteiger partial charge in [0.25, 0.3) is 0 Å². The van der Waals surface area contributed by atoms with E-state index in [1.165, 1.54) is 128 Å². The van der Waals surface area contributed by atoms with Crippen molar-refractivity contribution in [2.45, 2.75) is 200 Å². The SMILES string of the molecule is CCCCCCC/C=C\CCCCCCCCOCC(COP(=O)(O)OCC[N+](C)(C)C)OC(=O)CCCCCCC/C=C\CCCCCCCCC. The van der Waals surface area contributed by atoms with E-state index in [9.17, 15) is 14.3 Å². The summed E-state index contributed by atoms with van der Waals surface area (Å²) in [4.78, 5) is 22.9. The molecule has 0 aromatic rings. The summed E-state index contributed by atoms with van der Waals surface area (Å²) < 4.78 is 35.0. The summed E-state index contributed by atoms with van der Waals surface area (Å²) in [7, 11) is 1.66. The van der Waals surface area contributed by atoms with Crippen LogP contribution in [0.4, 0.5) is 0 Å². The van der Waals surface area contributed by atoms with Gasteiger partial charge in [-0.2, -0.15) is 0 Å². The van der Waals surface area contributed by atoms with Gasteiger partial charge in [-0.3, -0.25) is 13.8 Å². The predicted octanol–water partition coefficient (Wildman–Crippen LogP) is 12.8. The highest BCUT2D eigenvalue weighted by Gasteiger charge is 2.26. The van der Waals surface area contributed by atoms with E-state index in [-0.39, 0.29) is 25.8 Å². The Balaban J connectivity index is 4.25. The highest BCUT2D eigenvalue weighted by Crippen LogP contribution is 2.43. The van der Waals surface area contributed by atoms with Gasteiger partial charge < -0.3 is 18.9 Å². The number of quaternary nitrogens is 1. The number of carbonyl (C=O) groups excluding carboxylic acids is 1. The van der Waals surface area contributed by atoms with Gasteiger partial charge in [-0.1, -0.05) is 147 Å². The monoisotopic (exact) mass is 773 g/mol. The molecule has 0 saturated heterocycles. The fraction of sp³-hybridized carbons (Fsp3) is 0.886. The van der Waals surface area contributed by atoms with Crippen molar-refractivity contribution in [2.75, 3.05) is 54.1 Å². The van der Waals surface area contributed by atoms with Crippen molar-refractivity contribution < 1.29 is 37.3 Å². The van der Waals surface area contributed by atoms with Crippen LogP contribution < -0.4 is 0 Å². The molecule has 0 saturated carbocycles. The van der Waals surface area contributed by atoms with E-state index in [0.717, 1.165) is 44.9 Å². The second-order valence-corrected chi connectivity index (χ2v) is 17.5. The fourth-order valence-electron chi connectivity index (χ4n) is 6.01. The van der Waals surface area contributed by atoms with E-state index in [1.807, 2.05) is 21.1 Å². The molecule has 2 unspecified atom stereocenters. The van der Waals surface area contributed by atoms with Crippen LogP contribution in [0.1, 0.15) is 194 Å². The normalized spacial score (nSPS) is 14.0. The van der Waals surface area contributed by atoms with E-state index in [4.69, 9.17) is 18.5 Å². The van der Waals surface area contributed by atoms with E-state index < -0.39 is 13.9 Å². The zero-order valence-electron chi connectivity index (χ0n) is 35.5. The Kier molecular flexibility index (Phi) is 37.2. The number of phosphoric ester groups is 1. The molecule has 2 atom stereocenters. The molecule has 8 nitrogen and oxygen atoms in total. The van der Waals surface area contributed by atoms with Crippen LogP contribution in [0.15, 0.2) is 24.3 Å². The fourth-order valence-corrected chi connectivity index (χ4v) is 6.75. The van der Waals surface area contributed by atoms with Crippen LogP contribution >= 0.6 is 7.82 Å². The van der Waals surface area contributed by atoms with Gasteiger partial charge in [-0.15, -0.1) is 0 Å². The first-order chi connectivity index (χ1) is 25.6. The second kappa shape index (κ2) is 37.9. The lowest BCUT2D eigenvalue weighted by molar-refractivity contribution is -0.870. The zero-order chi connectivity index (χ0) is 39.1. The largest absolute Gasteiger partial charge is 0.472 e. The van der Waals surface area contributed by atoms with Crippen molar-refractivity contribution in [3.63, 3.8) is 0 Å². The van der Waals surface area contributed by atoms with Crippen molar-refractivity contribution in [2.24, 2.45) is 0 Å². The maximum Gasteiger partial charge on any atom is 0.472 e. The average molecular weight is 773 g/mol. The quantitative estimate of drug-likeness (QED) is 0.0217. The van der Waals surface area contributed by atoms with Crippen LogP contribution in [0.25, 0.3) is 0 Å². The number of rotatable bonds is 41. The lowest BCUT2D eigenvalue weighted by Gasteiger charge is -2.24. The molecule has 0 radical (unpaired) electrons. The topological polar surface area (TPSA) is 91.3 Å². The van der Waals surface area contributed by atoms with Gasteiger partial charge >= 0.3 is 13.8 Å². The molecule has 314 valence electrons. The maximum absolute atomic E-state index is 12.7. The minimum Gasteiger partial charge on any atom is -0.457 e. The summed E-state index contributed by atoms with van der Waals surface area (Å²) in [5, 5.41) is 0. The standard InChI is InChI=1S/C44H86NO7P/c1-6-8-10-12-14-16-18-20-22-23-25-27-29-31-33-35-37-44(46)52-43(42-51-53(47,48)50-40-38-45(3,4)5)41-49-39-36-34-32-30-28-26-24-21-19-17-15-13-11-9-7-2/h19,21-23,43H,6-18,20,24-42H2,1-5H3/p+1/b21-19-,23-22-. The van der Waals surface area contributed by atoms with Gasteiger partial charge in [0, 0.05) is 13.0 Å². The van der Waals surface area contributed by atoms with Gasteiger partial charge in [-0.05, 0) is 64.2 Å².